The number of sulfonamides is 1. The Kier molecular flexibility index (Phi) is 8.26. The van der Waals surface area contributed by atoms with Gasteiger partial charge in [-0.25, -0.2) is 18.9 Å². The van der Waals surface area contributed by atoms with Gasteiger partial charge in [-0.2, -0.15) is 4.31 Å². The maximum atomic E-state index is 13.6. The predicted octanol–water partition coefficient (Wildman–Crippen LogP) is 5.05. The molecule has 7 nitrogen and oxygen atoms in total. The van der Waals surface area contributed by atoms with Crippen LogP contribution in [0.15, 0.2) is 57.8 Å². The number of thioether (sulfide) groups is 1. The molecule has 0 saturated heterocycles. The maximum absolute atomic E-state index is 13.6. The van der Waals surface area contributed by atoms with Crippen LogP contribution in [0.5, 0.6) is 0 Å². The van der Waals surface area contributed by atoms with Crippen LogP contribution in [0.1, 0.15) is 44.6 Å². The first-order valence-electron chi connectivity index (χ1n) is 11.4. The van der Waals surface area contributed by atoms with Crippen molar-refractivity contribution in [2.24, 2.45) is 5.92 Å². The Balaban J connectivity index is 1.59. The number of hydrogen-bond acceptors (Lipinski definition) is 7. The number of nitrogens with one attached hydrogen (secondary N) is 1. The summed E-state index contributed by atoms with van der Waals surface area (Å²) in [5, 5.41) is 9.12. The molecule has 182 valence electrons. The average Bonchev–Trinajstić information content (AvgIpc) is 3.28. The summed E-state index contributed by atoms with van der Waals surface area (Å²) < 4.78 is 30.1. The van der Waals surface area contributed by atoms with Crippen LogP contribution < -0.4 is 5.48 Å². The lowest BCUT2D eigenvalue weighted by atomic mass is 9.91. The third-order valence-electron chi connectivity index (χ3n) is 6.22. The zero-order valence-corrected chi connectivity index (χ0v) is 21.5. The van der Waals surface area contributed by atoms with Gasteiger partial charge in [-0.05, 0) is 49.4 Å². The molecule has 1 atom stereocenters. The number of carbonyl (C=O) groups is 1. The second kappa shape index (κ2) is 11.2. The van der Waals surface area contributed by atoms with Crippen LogP contribution in [0, 0.1) is 5.92 Å². The van der Waals surface area contributed by atoms with E-state index in [0.717, 1.165) is 36.1 Å². The fraction of sp³-hybridized carbons (Fsp3) is 0.417. The van der Waals surface area contributed by atoms with Crippen LogP contribution in [0.3, 0.4) is 0 Å². The summed E-state index contributed by atoms with van der Waals surface area (Å²) in [6.07, 6.45) is 6.49. The number of amides is 1. The fourth-order valence-corrected chi connectivity index (χ4v) is 8.21. The molecule has 1 saturated carbocycles. The zero-order valence-electron chi connectivity index (χ0n) is 19.0. The molecule has 0 spiro atoms. The highest BCUT2D eigenvalue weighted by molar-refractivity contribution is 8.01. The van der Waals surface area contributed by atoms with E-state index >= 15 is 0 Å². The number of fused-ring (bicyclic) bond motifs is 1. The van der Waals surface area contributed by atoms with Crippen molar-refractivity contribution < 1.29 is 18.4 Å². The van der Waals surface area contributed by atoms with Crippen LogP contribution in [-0.2, 0) is 21.4 Å². The third-order valence-corrected chi connectivity index (χ3v) is 10.5. The van der Waals surface area contributed by atoms with E-state index in [2.05, 4.69) is 4.98 Å². The summed E-state index contributed by atoms with van der Waals surface area (Å²) in [5.41, 5.74) is 3.08. The highest BCUT2D eigenvalue weighted by Crippen LogP contribution is 2.35. The van der Waals surface area contributed by atoms with Gasteiger partial charge in [-0.1, -0.05) is 61.4 Å². The Hall–Kier alpha value is -1.98. The number of hydroxylamine groups is 1. The Morgan fingerprint density at radius 2 is 1.94 bits per heavy atom. The molecule has 0 radical (unpaired) electrons. The van der Waals surface area contributed by atoms with Crippen molar-refractivity contribution in [1.82, 2.24) is 14.8 Å². The van der Waals surface area contributed by atoms with E-state index in [1.54, 1.807) is 41.5 Å². The molecule has 34 heavy (non-hydrogen) atoms. The van der Waals surface area contributed by atoms with Gasteiger partial charge in [-0.15, -0.1) is 11.3 Å². The summed E-state index contributed by atoms with van der Waals surface area (Å²) in [7, 11) is -4.03. The minimum Gasteiger partial charge on any atom is -0.289 e. The van der Waals surface area contributed by atoms with E-state index < -0.39 is 22.0 Å². The topological polar surface area (TPSA) is 99.6 Å². The standard InChI is InChI=1S/C24H29N3O4S3/c1-17(23(28)26-29)27(15-18-8-4-2-5-9-18)34(30,31)20-12-13-21-22(14-20)33-24(25-21)32-16-19-10-6-3-7-11-19/h2,4-5,8-9,12-14,17,19,29H,3,6-7,10-11,15-16H2,1H3,(H,26,28)/t17-/m1/s1. The number of rotatable bonds is 9. The number of nitrogens with zero attached hydrogens (tertiary/aromatic N) is 2. The van der Waals surface area contributed by atoms with Crippen molar-refractivity contribution in [1.29, 1.82) is 0 Å². The molecule has 0 unspecified atom stereocenters. The molecule has 1 fully saturated rings. The molecule has 2 N–H and O–H groups in total. The Morgan fingerprint density at radius 1 is 1.21 bits per heavy atom. The highest BCUT2D eigenvalue weighted by atomic mass is 32.2. The van der Waals surface area contributed by atoms with Gasteiger partial charge < -0.3 is 0 Å². The molecule has 10 heteroatoms. The molecule has 1 heterocycles. The number of hydrogen-bond donors (Lipinski definition) is 2. The quantitative estimate of drug-likeness (QED) is 0.233. The van der Waals surface area contributed by atoms with Crippen molar-refractivity contribution in [2.75, 3.05) is 5.75 Å². The van der Waals surface area contributed by atoms with Gasteiger partial charge in [0.2, 0.25) is 10.0 Å². The lowest BCUT2D eigenvalue weighted by molar-refractivity contribution is -0.132. The highest BCUT2D eigenvalue weighted by Gasteiger charge is 2.33. The van der Waals surface area contributed by atoms with Crippen LogP contribution in [-0.4, -0.2) is 40.6 Å². The van der Waals surface area contributed by atoms with Gasteiger partial charge in [0.1, 0.15) is 6.04 Å². The normalized spacial score (nSPS) is 16.1. The second-order valence-electron chi connectivity index (χ2n) is 8.61. The molecular weight excluding hydrogens is 490 g/mol. The third kappa shape index (κ3) is 5.80. The molecule has 1 amide bonds. The van der Waals surface area contributed by atoms with Gasteiger partial charge >= 0.3 is 0 Å². The molecule has 4 rings (SSSR count). The summed E-state index contributed by atoms with van der Waals surface area (Å²) >= 11 is 3.25. The first-order valence-corrected chi connectivity index (χ1v) is 14.7. The molecule has 1 aliphatic carbocycles. The van der Waals surface area contributed by atoms with Crippen LogP contribution in [0.4, 0.5) is 0 Å². The SMILES string of the molecule is C[C@H](C(=O)NO)N(Cc1ccccc1)S(=O)(=O)c1ccc2nc(SCC3CCCCC3)sc2c1. The van der Waals surface area contributed by atoms with Gasteiger partial charge in [-0.3, -0.25) is 10.0 Å². The predicted molar refractivity (Wildman–Crippen MR) is 135 cm³/mol. The summed E-state index contributed by atoms with van der Waals surface area (Å²) in [5.74, 6) is 0.982. The molecule has 0 aliphatic heterocycles. The molecule has 2 aromatic carbocycles. The summed E-state index contributed by atoms with van der Waals surface area (Å²) in [4.78, 5) is 16.9. The van der Waals surface area contributed by atoms with Crippen molar-refractivity contribution in [3.8, 4) is 0 Å². The van der Waals surface area contributed by atoms with Crippen LogP contribution >= 0.6 is 23.1 Å². The molecule has 1 aromatic heterocycles. The monoisotopic (exact) mass is 519 g/mol. The van der Waals surface area contributed by atoms with Gasteiger partial charge in [0.15, 0.2) is 4.34 Å². The number of aromatic nitrogens is 1. The van der Waals surface area contributed by atoms with Gasteiger partial charge in [0.05, 0.1) is 15.1 Å². The molecular formula is C24H29N3O4S3. The van der Waals surface area contributed by atoms with Gasteiger partial charge in [0, 0.05) is 12.3 Å². The van der Waals surface area contributed by atoms with Gasteiger partial charge in [0.25, 0.3) is 5.91 Å². The van der Waals surface area contributed by atoms with E-state index in [1.807, 2.05) is 18.2 Å². The maximum Gasteiger partial charge on any atom is 0.261 e. The van der Waals surface area contributed by atoms with Crippen molar-refractivity contribution in [3.05, 3.63) is 54.1 Å². The fourth-order valence-electron chi connectivity index (χ4n) is 4.20. The number of benzene rings is 2. The van der Waals surface area contributed by atoms with E-state index in [9.17, 15) is 13.2 Å². The average molecular weight is 520 g/mol. The largest absolute Gasteiger partial charge is 0.289 e. The second-order valence-corrected chi connectivity index (χ2v) is 12.8. The zero-order chi connectivity index (χ0) is 24.1. The van der Waals surface area contributed by atoms with Crippen LogP contribution in [0.25, 0.3) is 10.2 Å². The summed E-state index contributed by atoms with van der Waals surface area (Å²) in [6, 6.07) is 12.9. The van der Waals surface area contributed by atoms with Crippen molar-refractivity contribution >= 4 is 49.2 Å². The van der Waals surface area contributed by atoms with Crippen molar-refractivity contribution in [2.45, 2.75) is 60.8 Å². The molecule has 0 bridgehead atoms. The lowest BCUT2D eigenvalue weighted by Gasteiger charge is -2.27. The lowest BCUT2D eigenvalue weighted by Crippen LogP contribution is -2.46. The molecule has 1 aliphatic rings. The summed E-state index contributed by atoms with van der Waals surface area (Å²) in [6.45, 7) is 1.46. The smallest absolute Gasteiger partial charge is 0.261 e. The minimum absolute atomic E-state index is 0.000970. The minimum atomic E-state index is -4.03. The first-order chi connectivity index (χ1) is 16.4. The number of thiazole rings is 1. The first kappa shape index (κ1) is 25.1. The Bertz CT molecular complexity index is 1220. The molecule has 3 aromatic rings. The Labute approximate surface area is 208 Å². The van der Waals surface area contributed by atoms with E-state index in [4.69, 9.17) is 5.21 Å². The van der Waals surface area contributed by atoms with E-state index in [-0.39, 0.29) is 11.4 Å². The van der Waals surface area contributed by atoms with Crippen molar-refractivity contribution in [3.63, 3.8) is 0 Å². The van der Waals surface area contributed by atoms with E-state index in [1.165, 1.54) is 56.4 Å². The van der Waals surface area contributed by atoms with Crippen LogP contribution in [0.2, 0.25) is 0 Å². The van der Waals surface area contributed by atoms with E-state index in [0.29, 0.717) is 0 Å². The Morgan fingerprint density at radius 3 is 2.65 bits per heavy atom. The number of carbonyl (C=O) groups excluding carboxylic acids is 1.